The number of hydrogen-bond acceptors (Lipinski definition) is 3. The van der Waals surface area contributed by atoms with E-state index in [9.17, 15) is 8.42 Å². The van der Waals surface area contributed by atoms with Crippen LogP contribution in [0.5, 0.6) is 5.75 Å². The lowest BCUT2D eigenvalue weighted by Gasteiger charge is -2.01. The molecule has 0 fully saturated rings. The molecule has 1 heterocycles. The molecule has 0 saturated heterocycles. The van der Waals surface area contributed by atoms with Crippen LogP contribution in [0, 0.1) is 0 Å². The molecule has 1 aliphatic rings. The molecule has 4 heteroatoms. The summed E-state index contributed by atoms with van der Waals surface area (Å²) < 4.78 is 27.5. The highest BCUT2D eigenvalue weighted by Crippen LogP contribution is 2.28. The van der Waals surface area contributed by atoms with Gasteiger partial charge in [-0.3, -0.25) is 0 Å². The summed E-state index contributed by atoms with van der Waals surface area (Å²) in [7, 11) is -1.31. The summed E-state index contributed by atoms with van der Waals surface area (Å²) in [6, 6.07) is 5.40. The first-order valence-corrected chi connectivity index (χ1v) is 5.79. The Kier molecular flexibility index (Phi) is 1.80. The minimum atomic E-state index is -2.89. The van der Waals surface area contributed by atoms with Crippen LogP contribution in [0.4, 0.5) is 0 Å². The zero-order valence-corrected chi connectivity index (χ0v) is 8.10. The third-order valence-electron chi connectivity index (χ3n) is 2.16. The predicted molar refractivity (Wildman–Crippen MR) is 49.3 cm³/mol. The molecule has 0 saturated carbocycles. The second-order valence-corrected chi connectivity index (χ2v) is 5.23. The fraction of sp³-hybridized carbons (Fsp3) is 0.333. The van der Waals surface area contributed by atoms with Gasteiger partial charge in [0.1, 0.15) is 5.75 Å². The molecule has 1 aromatic carbocycles. The zero-order valence-electron chi connectivity index (χ0n) is 7.28. The van der Waals surface area contributed by atoms with Gasteiger partial charge in [0, 0.05) is 0 Å². The molecule has 0 spiro atoms. The van der Waals surface area contributed by atoms with E-state index in [1.54, 1.807) is 19.2 Å². The smallest absolute Gasteiger partial charge is 0.158 e. The molecule has 0 aliphatic carbocycles. The summed E-state index contributed by atoms with van der Waals surface area (Å²) in [4.78, 5) is 0. The van der Waals surface area contributed by atoms with Gasteiger partial charge in [0.05, 0.1) is 18.6 Å². The molecule has 70 valence electrons. The normalized spacial score (nSPS) is 18.2. The average Bonchev–Trinajstić information content (AvgIpc) is 2.36. The van der Waals surface area contributed by atoms with E-state index < -0.39 is 9.84 Å². The average molecular weight is 198 g/mol. The topological polar surface area (TPSA) is 43.4 Å². The van der Waals surface area contributed by atoms with Gasteiger partial charge in [0.2, 0.25) is 0 Å². The lowest BCUT2D eigenvalue weighted by Crippen LogP contribution is -1.95. The fourth-order valence-corrected chi connectivity index (χ4v) is 3.13. The summed E-state index contributed by atoms with van der Waals surface area (Å²) in [5, 5.41) is 0. The Bertz CT molecular complexity index is 434. The number of ether oxygens (including phenoxy) is 1. The monoisotopic (exact) mass is 198 g/mol. The van der Waals surface area contributed by atoms with Crippen LogP contribution in [0.1, 0.15) is 11.1 Å². The van der Waals surface area contributed by atoms with Gasteiger partial charge < -0.3 is 4.74 Å². The van der Waals surface area contributed by atoms with Crippen molar-refractivity contribution in [2.75, 3.05) is 7.11 Å². The molecule has 0 bridgehead atoms. The Morgan fingerprint density at radius 1 is 1.23 bits per heavy atom. The first-order chi connectivity index (χ1) is 6.11. The number of benzene rings is 1. The Balaban J connectivity index is 2.47. The highest BCUT2D eigenvalue weighted by Gasteiger charge is 2.24. The third kappa shape index (κ3) is 1.54. The van der Waals surface area contributed by atoms with Crippen LogP contribution in [-0.4, -0.2) is 15.5 Å². The van der Waals surface area contributed by atoms with Crippen molar-refractivity contribution in [2.24, 2.45) is 0 Å². The molecule has 3 nitrogen and oxygen atoms in total. The molecule has 0 atom stereocenters. The second kappa shape index (κ2) is 2.73. The van der Waals surface area contributed by atoms with Crippen LogP contribution >= 0.6 is 0 Å². The minimum Gasteiger partial charge on any atom is -0.497 e. The Morgan fingerprint density at radius 2 is 1.92 bits per heavy atom. The lowest BCUT2D eigenvalue weighted by atomic mass is 10.1. The number of sulfone groups is 1. The van der Waals surface area contributed by atoms with Crippen LogP contribution in [-0.2, 0) is 21.3 Å². The van der Waals surface area contributed by atoms with Crippen LogP contribution in [0.15, 0.2) is 18.2 Å². The number of hydrogen-bond donors (Lipinski definition) is 0. The largest absolute Gasteiger partial charge is 0.497 e. The van der Waals surface area contributed by atoms with E-state index in [1.165, 1.54) is 0 Å². The van der Waals surface area contributed by atoms with Crippen molar-refractivity contribution in [2.45, 2.75) is 11.5 Å². The van der Waals surface area contributed by atoms with Crippen molar-refractivity contribution < 1.29 is 13.2 Å². The van der Waals surface area contributed by atoms with Gasteiger partial charge in [-0.25, -0.2) is 8.42 Å². The molecule has 2 rings (SSSR count). The standard InChI is InChI=1S/C9H10O3S/c1-12-9-3-2-7-5-13(10,11)6-8(7)4-9/h2-4H,5-6H2,1H3. The van der Waals surface area contributed by atoms with E-state index in [4.69, 9.17) is 4.74 Å². The summed E-state index contributed by atoms with van der Waals surface area (Å²) in [6.45, 7) is 0. The number of rotatable bonds is 1. The molecular weight excluding hydrogens is 188 g/mol. The van der Waals surface area contributed by atoms with Crippen LogP contribution in [0.2, 0.25) is 0 Å². The molecule has 1 aromatic rings. The molecule has 0 N–H and O–H groups in total. The van der Waals surface area contributed by atoms with Crippen LogP contribution < -0.4 is 4.74 Å². The van der Waals surface area contributed by atoms with Crippen molar-refractivity contribution >= 4 is 9.84 Å². The van der Waals surface area contributed by atoms with Crippen molar-refractivity contribution in [3.63, 3.8) is 0 Å². The van der Waals surface area contributed by atoms with Gasteiger partial charge in [-0.15, -0.1) is 0 Å². The van der Waals surface area contributed by atoms with E-state index in [-0.39, 0.29) is 11.5 Å². The Morgan fingerprint density at radius 3 is 2.62 bits per heavy atom. The highest BCUT2D eigenvalue weighted by atomic mass is 32.2. The molecule has 13 heavy (non-hydrogen) atoms. The summed E-state index contributed by atoms with van der Waals surface area (Å²) in [6.07, 6.45) is 0. The third-order valence-corrected chi connectivity index (χ3v) is 3.67. The van der Waals surface area contributed by atoms with Crippen LogP contribution in [0.25, 0.3) is 0 Å². The van der Waals surface area contributed by atoms with Gasteiger partial charge >= 0.3 is 0 Å². The van der Waals surface area contributed by atoms with E-state index in [1.807, 2.05) is 6.07 Å². The Labute approximate surface area is 77.3 Å². The van der Waals surface area contributed by atoms with Crippen molar-refractivity contribution in [1.29, 1.82) is 0 Å². The van der Waals surface area contributed by atoms with Crippen molar-refractivity contribution in [3.05, 3.63) is 29.3 Å². The van der Waals surface area contributed by atoms with Gasteiger partial charge in [-0.2, -0.15) is 0 Å². The van der Waals surface area contributed by atoms with E-state index >= 15 is 0 Å². The first-order valence-electron chi connectivity index (χ1n) is 3.97. The zero-order chi connectivity index (χ0) is 9.47. The molecular formula is C9H10O3S. The van der Waals surface area contributed by atoms with Crippen molar-refractivity contribution in [3.8, 4) is 5.75 Å². The van der Waals surface area contributed by atoms with Crippen LogP contribution in [0.3, 0.4) is 0 Å². The SMILES string of the molecule is COc1ccc2c(c1)CS(=O)(=O)C2. The molecule has 1 aliphatic heterocycles. The van der Waals surface area contributed by atoms with Gasteiger partial charge in [0.15, 0.2) is 9.84 Å². The number of methoxy groups -OCH3 is 1. The quantitative estimate of drug-likeness (QED) is 0.679. The predicted octanol–water partition coefficient (Wildman–Crippen LogP) is 1.12. The van der Waals surface area contributed by atoms with Gasteiger partial charge in [-0.05, 0) is 23.3 Å². The summed E-state index contributed by atoms with van der Waals surface area (Å²) in [5.74, 6) is 1.04. The molecule has 0 unspecified atom stereocenters. The molecule has 0 aromatic heterocycles. The maximum atomic E-state index is 11.2. The summed E-state index contributed by atoms with van der Waals surface area (Å²) in [5.41, 5.74) is 1.78. The lowest BCUT2D eigenvalue weighted by molar-refractivity contribution is 0.414. The Hall–Kier alpha value is -1.03. The van der Waals surface area contributed by atoms with Gasteiger partial charge in [0.25, 0.3) is 0 Å². The maximum Gasteiger partial charge on any atom is 0.158 e. The van der Waals surface area contributed by atoms with Gasteiger partial charge in [-0.1, -0.05) is 6.07 Å². The highest BCUT2D eigenvalue weighted by molar-refractivity contribution is 7.90. The van der Waals surface area contributed by atoms with E-state index in [2.05, 4.69) is 0 Å². The van der Waals surface area contributed by atoms with E-state index in [0.29, 0.717) is 0 Å². The number of fused-ring (bicyclic) bond motifs is 1. The minimum absolute atomic E-state index is 0.152. The fourth-order valence-electron chi connectivity index (χ4n) is 1.53. The molecule has 0 amide bonds. The summed E-state index contributed by atoms with van der Waals surface area (Å²) >= 11 is 0. The second-order valence-electron chi connectivity index (χ2n) is 3.17. The maximum absolute atomic E-state index is 11.2. The van der Waals surface area contributed by atoms with E-state index in [0.717, 1.165) is 16.9 Å². The molecule has 0 radical (unpaired) electrons. The van der Waals surface area contributed by atoms with Crippen molar-refractivity contribution in [1.82, 2.24) is 0 Å². The first kappa shape index (κ1) is 8.56.